The molecule has 0 saturated heterocycles. The monoisotopic (exact) mass is 242 g/mol. The van der Waals surface area contributed by atoms with E-state index < -0.39 is 0 Å². The first-order valence-electron chi connectivity index (χ1n) is 6.85. The number of fused-ring (bicyclic) bond motifs is 1. The fraction of sp³-hybridized carbons (Fsp3) is 0.438. The van der Waals surface area contributed by atoms with Crippen LogP contribution in [0.2, 0.25) is 0 Å². The minimum Gasteiger partial charge on any atom is -0.317 e. The smallest absolute Gasteiger partial charge is 0.0705 e. The Kier molecular flexibility index (Phi) is 4.71. The molecule has 0 aliphatic rings. The highest BCUT2D eigenvalue weighted by atomic mass is 14.8. The number of nitrogens with one attached hydrogen (secondary N) is 1. The summed E-state index contributed by atoms with van der Waals surface area (Å²) in [6, 6.07) is 12.6. The fourth-order valence-corrected chi connectivity index (χ4v) is 2.13. The summed E-state index contributed by atoms with van der Waals surface area (Å²) >= 11 is 0. The molecule has 0 bridgehead atoms. The van der Waals surface area contributed by atoms with E-state index >= 15 is 0 Å². The molecular formula is C16H22N2. The van der Waals surface area contributed by atoms with Gasteiger partial charge in [-0.05, 0) is 44.0 Å². The maximum Gasteiger partial charge on any atom is 0.0705 e. The van der Waals surface area contributed by atoms with Crippen molar-refractivity contribution in [2.75, 3.05) is 13.1 Å². The SMILES string of the molecule is CCNCC(C)CCc1ccc2ccccc2n1. The van der Waals surface area contributed by atoms with Gasteiger partial charge in [0.05, 0.1) is 5.52 Å². The second-order valence-electron chi connectivity index (χ2n) is 4.95. The summed E-state index contributed by atoms with van der Waals surface area (Å²) in [5, 5.41) is 4.62. The van der Waals surface area contributed by atoms with Gasteiger partial charge in [0.2, 0.25) is 0 Å². The number of benzene rings is 1. The minimum absolute atomic E-state index is 0.707. The van der Waals surface area contributed by atoms with Crippen molar-refractivity contribution in [2.45, 2.75) is 26.7 Å². The number of para-hydroxylation sites is 1. The quantitative estimate of drug-likeness (QED) is 0.839. The van der Waals surface area contributed by atoms with Gasteiger partial charge in [0, 0.05) is 11.1 Å². The molecular weight excluding hydrogens is 220 g/mol. The highest BCUT2D eigenvalue weighted by Crippen LogP contribution is 2.14. The van der Waals surface area contributed by atoms with Gasteiger partial charge in [-0.25, -0.2) is 0 Å². The molecule has 0 fully saturated rings. The van der Waals surface area contributed by atoms with Crippen molar-refractivity contribution in [1.29, 1.82) is 0 Å². The number of pyridine rings is 1. The number of rotatable bonds is 6. The van der Waals surface area contributed by atoms with E-state index in [9.17, 15) is 0 Å². The third kappa shape index (κ3) is 3.54. The summed E-state index contributed by atoms with van der Waals surface area (Å²) in [6.45, 7) is 6.60. The van der Waals surface area contributed by atoms with Crippen molar-refractivity contribution in [3.63, 3.8) is 0 Å². The Morgan fingerprint density at radius 2 is 2.00 bits per heavy atom. The van der Waals surface area contributed by atoms with E-state index in [1.54, 1.807) is 0 Å². The molecule has 1 atom stereocenters. The summed E-state index contributed by atoms with van der Waals surface area (Å²) in [6.07, 6.45) is 2.26. The zero-order valence-corrected chi connectivity index (χ0v) is 11.3. The maximum absolute atomic E-state index is 4.71. The zero-order chi connectivity index (χ0) is 12.8. The molecule has 2 aromatic rings. The lowest BCUT2D eigenvalue weighted by atomic mass is 10.0. The third-order valence-corrected chi connectivity index (χ3v) is 3.29. The normalized spacial score (nSPS) is 12.8. The van der Waals surface area contributed by atoms with Crippen LogP contribution >= 0.6 is 0 Å². The summed E-state index contributed by atoms with van der Waals surface area (Å²) in [5.41, 5.74) is 2.31. The van der Waals surface area contributed by atoms with Gasteiger partial charge in [-0.2, -0.15) is 0 Å². The third-order valence-electron chi connectivity index (χ3n) is 3.29. The Balaban J connectivity index is 1.95. The summed E-state index contributed by atoms with van der Waals surface area (Å²) in [4.78, 5) is 4.71. The van der Waals surface area contributed by atoms with Crippen molar-refractivity contribution in [2.24, 2.45) is 5.92 Å². The molecule has 1 aromatic heterocycles. The van der Waals surface area contributed by atoms with Crippen LogP contribution in [0.1, 0.15) is 26.0 Å². The van der Waals surface area contributed by atoms with Crippen molar-refractivity contribution >= 4 is 10.9 Å². The Labute approximate surface area is 109 Å². The molecule has 0 aliphatic carbocycles. The Hall–Kier alpha value is -1.41. The fourth-order valence-electron chi connectivity index (χ4n) is 2.13. The number of hydrogen-bond acceptors (Lipinski definition) is 2. The van der Waals surface area contributed by atoms with Crippen molar-refractivity contribution in [1.82, 2.24) is 10.3 Å². The van der Waals surface area contributed by atoms with Crippen LogP contribution < -0.4 is 5.32 Å². The summed E-state index contributed by atoms with van der Waals surface area (Å²) in [5.74, 6) is 0.707. The van der Waals surface area contributed by atoms with E-state index in [-0.39, 0.29) is 0 Å². The molecule has 96 valence electrons. The molecule has 0 radical (unpaired) electrons. The molecule has 2 rings (SSSR count). The van der Waals surface area contributed by atoms with Crippen LogP contribution in [0.4, 0.5) is 0 Å². The van der Waals surface area contributed by atoms with E-state index in [4.69, 9.17) is 4.98 Å². The maximum atomic E-state index is 4.71. The van der Waals surface area contributed by atoms with Gasteiger partial charge in [0.25, 0.3) is 0 Å². The van der Waals surface area contributed by atoms with Gasteiger partial charge in [-0.1, -0.05) is 38.1 Å². The number of aromatic nitrogens is 1. The van der Waals surface area contributed by atoms with Crippen LogP contribution in [0, 0.1) is 5.92 Å². The average Bonchev–Trinajstić information content (AvgIpc) is 2.42. The zero-order valence-electron chi connectivity index (χ0n) is 11.3. The van der Waals surface area contributed by atoms with Crippen LogP contribution in [-0.2, 0) is 6.42 Å². The predicted octanol–water partition coefficient (Wildman–Crippen LogP) is 3.41. The molecule has 1 unspecified atom stereocenters. The van der Waals surface area contributed by atoms with Crippen LogP contribution in [0.15, 0.2) is 36.4 Å². The van der Waals surface area contributed by atoms with Crippen LogP contribution in [0.25, 0.3) is 10.9 Å². The van der Waals surface area contributed by atoms with Crippen LogP contribution in [0.5, 0.6) is 0 Å². The van der Waals surface area contributed by atoms with Crippen molar-refractivity contribution in [3.05, 3.63) is 42.1 Å². The van der Waals surface area contributed by atoms with Gasteiger partial charge in [-0.3, -0.25) is 4.98 Å². The van der Waals surface area contributed by atoms with Crippen molar-refractivity contribution < 1.29 is 0 Å². The van der Waals surface area contributed by atoms with E-state index in [0.29, 0.717) is 5.92 Å². The molecule has 1 aromatic carbocycles. The lowest BCUT2D eigenvalue weighted by Gasteiger charge is -2.11. The molecule has 0 amide bonds. The molecule has 2 heteroatoms. The van der Waals surface area contributed by atoms with Crippen LogP contribution in [0.3, 0.4) is 0 Å². The first-order chi connectivity index (χ1) is 8.79. The van der Waals surface area contributed by atoms with Gasteiger partial charge in [0.15, 0.2) is 0 Å². The lowest BCUT2D eigenvalue weighted by molar-refractivity contribution is 0.487. The van der Waals surface area contributed by atoms with Gasteiger partial charge >= 0.3 is 0 Å². The topological polar surface area (TPSA) is 24.9 Å². The van der Waals surface area contributed by atoms with Gasteiger partial charge < -0.3 is 5.32 Å². The van der Waals surface area contributed by atoms with E-state index in [1.165, 1.54) is 17.5 Å². The summed E-state index contributed by atoms with van der Waals surface area (Å²) < 4.78 is 0. The van der Waals surface area contributed by atoms with Gasteiger partial charge in [0.1, 0.15) is 0 Å². The standard InChI is InChI=1S/C16H22N2/c1-3-17-12-13(2)8-10-15-11-9-14-6-4-5-7-16(14)18-15/h4-7,9,11,13,17H,3,8,10,12H2,1-2H3. The lowest BCUT2D eigenvalue weighted by Crippen LogP contribution is -2.20. The predicted molar refractivity (Wildman–Crippen MR) is 77.8 cm³/mol. The highest BCUT2D eigenvalue weighted by Gasteiger charge is 2.03. The summed E-state index contributed by atoms with van der Waals surface area (Å²) in [7, 11) is 0. The van der Waals surface area contributed by atoms with E-state index in [2.05, 4.69) is 49.5 Å². The molecule has 1 N–H and O–H groups in total. The first-order valence-corrected chi connectivity index (χ1v) is 6.85. The second-order valence-corrected chi connectivity index (χ2v) is 4.95. The van der Waals surface area contributed by atoms with E-state index in [0.717, 1.165) is 25.0 Å². The number of nitrogens with zero attached hydrogens (tertiary/aromatic N) is 1. The van der Waals surface area contributed by atoms with Crippen molar-refractivity contribution in [3.8, 4) is 0 Å². The molecule has 0 aliphatic heterocycles. The molecule has 1 heterocycles. The Morgan fingerprint density at radius 1 is 1.17 bits per heavy atom. The van der Waals surface area contributed by atoms with Gasteiger partial charge in [-0.15, -0.1) is 0 Å². The average molecular weight is 242 g/mol. The molecule has 2 nitrogen and oxygen atoms in total. The first kappa shape index (κ1) is 13.0. The van der Waals surface area contributed by atoms with E-state index in [1.807, 2.05) is 6.07 Å². The Morgan fingerprint density at radius 3 is 2.83 bits per heavy atom. The second kappa shape index (κ2) is 6.50. The number of aryl methyl sites for hydroxylation is 1. The molecule has 0 saturated carbocycles. The largest absolute Gasteiger partial charge is 0.317 e. The highest BCUT2D eigenvalue weighted by molar-refractivity contribution is 5.78. The number of hydrogen-bond donors (Lipinski definition) is 1. The van der Waals surface area contributed by atoms with Crippen LogP contribution in [-0.4, -0.2) is 18.1 Å². The minimum atomic E-state index is 0.707. The Bertz CT molecular complexity index is 493. The molecule has 18 heavy (non-hydrogen) atoms. The molecule has 0 spiro atoms.